The monoisotopic (exact) mass is 247 g/mol. The van der Waals surface area contributed by atoms with Crippen LogP contribution in [0.3, 0.4) is 0 Å². The first-order valence-corrected chi connectivity index (χ1v) is 5.85. The van der Waals surface area contributed by atoms with Gasteiger partial charge in [0, 0.05) is 11.3 Å². The Hall–Kier alpha value is -2.02. The second-order valence-corrected chi connectivity index (χ2v) is 4.06. The Balaban J connectivity index is 3.19. The van der Waals surface area contributed by atoms with Crippen molar-refractivity contribution < 1.29 is 14.3 Å². The van der Waals surface area contributed by atoms with E-state index >= 15 is 0 Å². The van der Waals surface area contributed by atoms with E-state index < -0.39 is 5.97 Å². The number of hydrogen-bond acceptors (Lipinski definition) is 3. The average Bonchev–Trinajstić information content (AvgIpc) is 2.63. The summed E-state index contributed by atoms with van der Waals surface area (Å²) in [5.74, 6) is 1.68. The standard InChI is InChI=1S/C14H17NO3/c1-5-7-11-12(10(4)16)9(3)15-13(11)14(17)18-8-6-2/h2,15H,5,7-8H2,1,3-4H3. The van der Waals surface area contributed by atoms with Gasteiger partial charge in [-0.05, 0) is 25.8 Å². The van der Waals surface area contributed by atoms with E-state index in [0.29, 0.717) is 23.4 Å². The zero-order valence-electron chi connectivity index (χ0n) is 10.9. The molecule has 0 saturated heterocycles. The highest BCUT2D eigenvalue weighted by Crippen LogP contribution is 2.22. The molecule has 0 fully saturated rings. The van der Waals surface area contributed by atoms with Gasteiger partial charge in [-0.2, -0.15) is 0 Å². The fourth-order valence-electron chi connectivity index (χ4n) is 2.01. The van der Waals surface area contributed by atoms with Gasteiger partial charge in [0.15, 0.2) is 12.4 Å². The molecule has 0 aliphatic rings. The Morgan fingerprint density at radius 1 is 1.44 bits per heavy atom. The SMILES string of the molecule is C#CCOC(=O)c1[nH]c(C)c(C(C)=O)c1CCC. The molecular weight excluding hydrogens is 230 g/mol. The van der Waals surface area contributed by atoms with E-state index in [1.807, 2.05) is 6.92 Å². The summed E-state index contributed by atoms with van der Waals surface area (Å²) in [6.45, 7) is 5.18. The van der Waals surface area contributed by atoms with Gasteiger partial charge in [-0.15, -0.1) is 6.42 Å². The quantitative estimate of drug-likeness (QED) is 0.493. The molecular formula is C14H17NO3. The maximum atomic E-state index is 11.8. The van der Waals surface area contributed by atoms with Gasteiger partial charge in [-0.1, -0.05) is 19.3 Å². The lowest BCUT2D eigenvalue weighted by molar-refractivity contribution is 0.0549. The number of ether oxygens (including phenoxy) is 1. The first-order chi connectivity index (χ1) is 8.52. The molecule has 0 amide bonds. The second kappa shape index (κ2) is 6.06. The van der Waals surface area contributed by atoms with Crippen molar-refractivity contribution in [1.29, 1.82) is 0 Å². The Bertz CT molecular complexity index is 506. The lowest BCUT2D eigenvalue weighted by Gasteiger charge is -2.04. The number of H-pyrrole nitrogens is 1. The molecule has 1 rings (SSSR count). The van der Waals surface area contributed by atoms with Crippen molar-refractivity contribution in [2.24, 2.45) is 0 Å². The Labute approximate surface area is 107 Å². The molecule has 0 atom stereocenters. The Morgan fingerprint density at radius 3 is 2.61 bits per heavy atom. The van der Waals surface area contributed by atoms with Crippen LogP contribution in [0.4, 0.5) is 0 Å². The third kappa shape index (κ3) is 2.80. The number of carbonyl (C=O) groups excluding carboxylic acids is 2. The van der Waals surface area contributed by atoms with Crippen LogP contribution in [0.5, 0.6) is 0 Å². The van der Waals surface area contributed by atoms with Crippen LogP contribution in [0.2, 0.25) is 0 Å². The Kier molecular flexibility index (Phi) is 4.73. The van der Waals surface area contributed by atoms with Gasteiger partial charge in [0.05, 0.1) is 0 Å². The molecule has 18 heavy (non-hydrogen) atoms. The highest BCUT2D eigenvalue weighted by molar-refractivity contribution is 6.01. The van der Waals surface area contributed by atoms with Gasteiger partial charge < -0.3 is 9.72 Å². The molecule has 1 heterocycles. The van der Waals surface area contributed by atoms with Crippen molar-refractivity contribution in [3.8, 4) is 12.3 Å². The predicted octanol–water partition coefficient (Wildman–Crippen LogP) is 2.27. The number of esters is 1. The van der Waals surface area contributed by atoms with E-state index in [1.165, 1.54) is 6.92 Å². The summed E-state index contributed by atoms with van der Waals surface area (Å²) in [4.78, 5) is 26.4. The molecule has 0 saturated carbocycles. The summed E-state index contributed by atoms with van der Waals surface area (Å²) in [7, 11) is 0. The molecule has 1 aromatic heterocycles. The zero-order valence-corrected chi connectivity index (χ0v) is 10.9. The summed E-state index contributed by atoms with van der Waals surface area (Å²) in [5.41, 5.74) is 2.35. The van der Waals surface area contributed by atoms with Crippen molar-refractivity contribution in [2.75, 3.05) is 6.61 Å². The van der Waals surface area contributed by atoms with E-state index in [4.69, 9.17) is 11.2 Å². The molecule has 4 heteroatoms. The van der Waals surface area contributed by atoms with Crippen molar-refractivity contribution >= 4 is 11.8 Å². The Morgan fingerprint density at radius 2 is 2.11 bits per heavy atom. The number of aryl methyl sites for hydroxylation is 1. The van der Waals surface area contributed by atoms with Crippen molar-refractivity contribution in [2.45, 2.75) is 33.6 Å². The van der Waals surface area contributed by atoms with E-state index in [9.17, 15) is 9.59 Å². The van der Waals surface area contributed by atoms with Crippen LogP contribution in [-0.4, -0.2) is 23.3 Å². The van der Waals surface area contributed by atoms with Gasteiger partial charge >= 0.3 is 5.97 Å². The van der Waals surface area contributed by atoms with Crippen LogP contribution >= 0.6 is 0 Å². The van der Waals surface area contributed by atoms with Crippen LogP contribution in [0.15, 0.2) is 0 Å². The van der Waals surface area contributed by atoms with Gasteiger partial charge in [0.25, 0.3) is 0 Å². The topological polar surface area (TPSA) is 59.2 Å². The summed E-state index contributed by atoms with van der Waals surface area (Å²) in [6.07, 6.45) is 6.54. The summed E-state index contributed by atoms with van der Waals surface area (Å²) >= 11 is 0. The third-order valence-corrected chi connectivity index (χ3v) is 2.63. The minimum absolute atomic E-state index is 0.0526. The van der Waals surface area contributed by atoms with Crippen LogP contribution < -0.4 is 0 Å². The van der Waals surface area contributed by atoms with Gasteiger partial charge in [0.2, 0.25) is 0 Å². The molecule has 96 valence electrons. The van der Waals surface area contributed by atoms with Crippen molar-refractivity contribution in [3.05, 3.63) is 22.5 Å². The minimum Gasteiger partial charge on any atom is -0.448 e. The molecule has 0 radical (unpaired) electrons. The normalized spacial score (nSPS) is 9.89. The lowest BCUT2D eigenvalue weighted by Crippen LogP contribution is -2.09. The average molecular weight is 247 g/mol. The maximum absolute atomic E-state index is 11.8. The lowest BCUT2D eigenvalue weighted by atomic mass is 10.0. The fourth-order valence-corrected chi connectivity index (χ4v) is 2.01. The fraction of sp³-hybridized carbons (Fsp3) is 0.429. The highest BCUT2D eigenvalue weighted by Gasteiger charge is 2.22. The molecule has 1 aromatic rings. The highest BCUT2D eigenvalue weighted by atomic mass is 16.5. The van der Waals surface area contributed by atoms with Crippen LogP contribution in [0, 0.1) is 19.3 Å². The molecule has 0 bridgehead atoms. The number of aromatic amines is 1. The first-order valence-electron chi connectivity index (χ1n) is 5.85. The zero-order chi connectivity index (χ0) is 13.7. The van der Waals surface area contributed by atoms with Gasteiger partial charge in [-0.3, -0.25) is 4.79 Å². The number of hydrogen-bond donors (Lipinski definition) is 1. The number of nitrogens with one attached hydrogen (secondary N) is 1. The van der Waals surface area contributed by atoms with Crippen LogP contribution in [-0.2, 0) is 11.2 Å². The summed E-state index contributed by atoms with van der Waals surface area (Å²) < 4.78 is 4.89. The largest absolute Gasteiger partial charge is 0.448 e. The van der Waals surface area contributed by atoms with E-state index in [-0.39, 0.29) is 12.4 Å². The maximum Gasteiger partial charge on any atom is 0.356 e. The number of terminal acetylenes is 1. The molecule has 0 spiro atoms. The third-order valence-electron chi connectivity index (χ3n) is 2.63. The molecule has 0 aliphatic carbocycles. The first kappa shape index (κ1) is 14.0. The van der Waals surface area contributed by atoms with Crippen molar-refractivity contribution in [3.63, 3.8) is 0 Å². The number of Topliss-reactive ketones (excluding diaryl/α,β-unsaturated/α-hetero) is 1. The van der Waals surface area contributed by atoms with Crippen LogP contribution in [0.25, 0.3) is 0 Å². The second-order valence-electron chi connectivity index (χ2n) is 4.06. The van der Waals surface area contributed by atoms with E-state index in [0.717, 1.165) is 12.0 Å². The van der Waals surface area contributed by atoms with Gasteiger partial charge in [-0.25, -0.2) is 4.79 Å². The molecule has 0 unspecified atom stereocenters. The molecule has 1 N–H and O–H groups in total. The molecule has 4 nitrogen and oxygen atoms in total. The molecule has 0 aliphatic heterocycles. The number of ketones is 1. The number of carbonyl (C=O) groups is 2. The number of aromatic nitrogens is 1. The number of rotatable bonds is 5. The van der Waals surface area contributed by atoms with Crippen molar-refractivity contribution in [1.82, 2.24) is 4.98 Å². The van der Waals surface area contributed by atoms with E-state index in [2.05, 4.69) is 10.9 Å². The van der Waals surface area contributed by atoms with Crippen LogP contribution in [0.1, 0.15) is 52.4 Å². The smallest absolute Gasteiger partial charge is 0.356 e. The van der Waals surface area contributed by atoms with E-state index in [1.54, 1.807) is 6.92 Å². The predicted molar refractivity (Wildman–Crippen MR) is 68.6 cm³/mol. The molecule has 0 aromatic carbocycles. The minimum atomic E-state index is -0.507. The summed E-state index contributed by atoms with van der Waals surface area (Å²) in [5, 5.41) is 0. The van der Waals surface area contributed by atoms with Gasteiger partial charge in [0.1, 0.15) is 5.69 Å². The summed E-state index contributed by atoms with van der Waals surface area (Å²) in [6, 6.07) is 0.